The molecule has 2 rings (SSSR count). The minimum Gasteiger partial charge on any atom is -0.464 e. The van der Waals surface area contributed by atoms with Crippen molar-refractivity contribution in [3.63, 3.8) is 0 Å². The van der Waals surface area contributed by atoms with Gasteiger partial charge < -0.3 is 4.42 Å². The van der Waals surface area contributed by atoms with Gasteiger partial charge in [0, 0.05) is 18.4 Å². The first-order chi connectivity index (χ1) is 7.16. The number of hydrogen-bond acceptors (Lipinski definition) is 3. The van der Waals surface area contributed by atoms with Gasteiger partial charge in [-0.2, -0.15) is 0 Å². The number of furan rings is 1. The average Bonchev–Trinajstić information content (AvgIpc) is 2.64. The number of nitrogens with zero attached hydrogens (tertiary/aromatic N) is 1. The maximum atomic E-state index is 10.4. The molecule has 4 nitrogen and oxygen atoms in total. The highest BCUT2D eigenvalue weighted by Gasteiger charge is 2.03. The standard InChI is InChI=1S/C11H9NO3/c1-8(12(13)14)6-9-2-3-11-10(7-9)4-5-15-11/h2-7H,1H3/b8-6+. The Hall–Kier alpha value is -2.10. The third kappa shape index (κ3) is 1.88. The molecule has 1 heterocycles. The van der Waals surface area contributed by atoms with Crippen LogP contribution >= 0.6 is 0 Å². The Kier molecular flexibility index (Phi) is 2.25. The van der Waals surface area contributed by atoms with Gasteiger partial charge in [-0.3, -0.25) is 10.1 Å². The van der Waals surface area contributed by atoms with Crippen LogP contribution in [-0.2, 0) is 0 Å². The minimum absolute atomic E-state index is 0.123. The lowest BCUT2D eigenvalue weighted by Crippen LogP contribution is -1.92. The lowest BCUT2D eigenvalue weighted by Gasteiger charge is -1.93. The van der Waals surface area contributed by atoms with Crippen molar-refractivity contribution < 1.29 is 9.34 Å². The summed E-state index contributed by atoms with van der Waals surface area (Å²) in [6.07, 6.45) is 3.13. The number of hydrogen-bond donors (Lipinski definition) is 0. The summed E-state index contributed by atoms with van der Waals surface area (Å²) < 4.78 is 5.17. The number of nitro groups is 1. The highest BCUT2D eigenvalue weighted by Crippen LogP contribution is 2.18. The largest absolute Gasteiger partial charge is 0.464 e. The molecule has 1 aromatic carbocycles. The first-order valence-electron chi connectivity index (χ1n) is 4.47. The highest BCUT2D eigenvalue weighted by atomic mass is 16.6. The molecule has 4 heteroatoms. The first kappa shape index (κ1) is 9.45. The van der Waals surface area contributed by atoms with Crippen LogP contribution in [0.5, 0.6) is 0 Å². The molecule has 0 saturated heterocycles. The van der Waals surface area contributed by atoms with Gasteiger partial charge in [-0.15, -0.1) is 0 Å². The summed E-state index contributed by atoms with van der Waals surface area (Å²) in [4.78, 5) is 10.0. The summed E-state index contributed by atoms with van der Waals surface area (Å²) in [5.74, 6) is 0. The Balaban J connectivity index is 2.44. The van der Waals surface area contributed by atoms with Crippen LogP contribution in [-0.4, -0.2) is 4.92 Å². The summed E-state index contributed by atoms with van der Waals surface area (Å²) in [6.45, 7) is 1.47. The van der Waals surface area contributed by atoms with E-state index in [1.54, 1.807) is 18.4 Å². The van der Waals surface area contributed by atoms with E-state index in [4.69, 9.17) is 4.42 Å². The number of benzene rings is 1. The molecule has 0 aliphatic carbocycles. The summed E-state index contributed by atoms with van der Waals surface area (Å²) in [7, 11) is 0. The van der Waals surface area contributed by atoms with E-state index in [9.17, 15) is 10.1 Å². The molecule has 0 aliphatic rings. The second kappa shape index (κ2) is 3.57. The monoisotopic (exact) mass is 203 g/mol. The third-order valence-corrected chi connectivity index (χ3v) is 2.14. The molecule has 0 saturated carbocycles. The SMILES string of the molecule is C/C(=C\c1ccc2occc2c1)[N+](=O)[O-]. The molecule has 0 fully saturated rings. The van der Waals surface area contributed by atoms with Crippen molar-refractivity contribution in [2.24, 2.45) is 0 Å². The molecule has 0 aliphatic heterocycles. The molecule has 0 unspecified atom stereocenters. The molecule has 15 heavy (non-hydrogen) atoms. The highest BCUT2D eigenvalue weighted by molar-refractivity contribution is 5.80. The van der Waals surface area contributed by atoms with Crippen LogP contribution in [0.1, 0.15) is 12.5 Å². The molecule has 76 valence electrons. The van der Waals surface area contributed by atoms with E-state index >= 15 is 0 Å². The Bertz CT molecular complexity index is 540. The second-order valence-electron chi connectivity index (χ2n) is 3.26. The van der Waals surface area contributed by atoms with Gasteiger partial charge in [0.15, 0.2) is 0 Å². The van der Waals surface area contributed by atoms with Crippen LogP contribution in [0.25, 0.3) is 17.0 Å². The number of allylic oxidation sites excluding steroid dienone is 1. The molecule has 0 bridgehead atoms. The van der Waals surface area contributed by atoms with Crippen LogP contribution in [0, 0.1) is 10.1 Å². The van der Waals surface area contributed by atoms with Crippen molar-refractivity contribution in [1.29, 1.82) is 0 Å². The van der Waals surface area contributed by atoms with E-state index in [1.807, 2.05) is 12.1 Å². The van der Waals surface area contributed by atoms with Crippen LogP contribution < -0.4 is 0 Å². The Morgan fingerprint density at radius 2 is 2.27 bits per heavy atom. The van der Waals surface area contributed by atoms with Gasteiger partial charge in [0.25, 0.3) is 0 Å². The normalized spacial score (nSPS) is 11.9. The minimum atomic E-state index is -0.403. The fraction of sp³-hybridized carbons (Fsp3) is 0.0909. The molecule has 0 amide bonds. The zero-order chi connectivity index (χ0) is 10.8. The maximum Gasteiger partial charge on any atom is 0.243 e. The Morgan fingerprint density at radius 3 is 3.00 bits per heavy atom. The molecule has 0 atom stereocenters. The van der Waals surface area contributed by atoms with Gasteiger partial charge >= 0.3 is 0 Å². The molecule has 0 radical (unpaired) electrons. The average molecular weight is 203 g/mol. The van der Waals surface area contributed by atoms with E-state index < -0.39 is 4.92 Å². The summed E-state index contributed by atoms with van der Waals surface area (Å²) in [6, 6.07) is 7.27. The fourth-order valence-electron chi connectivity index (χ4n) is 1.37. The van der Waals surface area contributed by atoms with Crippen molar-refractivity contribution in [3.05, 3.63) is 51.9 Å². The Labute approximate surface area is 86.0 Å². The van der Waals surface area contributed by atoms with Crippen LogP contribution in [0.2, 0.25) is 0 Å². The topological polar surface area (TPSA) is 56.3 Å². The molecule has 0 N–H and O–H groups in total. The summed E-state index contributed by atoms with van der Waals surface area (Å²) in [5, 5.41) is 11.4. The number of fused-ring (bicyclic) bond motifs is 1. The molecular weight excluding hydrogens is 194 g/mol. The molecule has 0 spiro atoms. The maximum absolute atomic E-state index is 10.4. The zero-order valence-corrected chi connectivity index (χ0v) is 8.14. The van der Waals surface area contributed by atoms with Crippen molar-refractivity contribution in [3.8, 4) is 0 Å². The van der Waals surface area contributed by atoms with Crippen molar-refractivity contribution in [2.45, 2.75) is 6.92 Å². The third-order valence-electron chi connectivity index (χ3n) is 2.14. The van der Waals surface area contributed by atoms with Crippen LogP contribution in [0.15, 0.2) is 40.6 Å². The summed E-state index contributed by atoms with van der Waals surface area (Å²) in [5.41, 5.74) is 1.71. The van der Waals surface area contributed by atoms with E-state index in [2.05, 4.69) is 0 Å². The van der Waals surface area contributed by atoms with Crippen LogP contribution in [0.4, 0.5) is 0 Å². The van der Waals surface area contributed by atoms with Gasteiger partial charge in [0.05, 0.1) is 11.2 Å². The number of rotatable bonds is 2. The lowest BCUT2D eigenvalue weighted by molar-refractivity contribution is -0.422. The van der Waals surface area contributed by atoms with E-state index in [0.717, 1.165) is 16.5 Å². The molecule has 2 aromatic rings. The van der Waals surface area contributed by atoms with E-state index in [-0.39, 0.29) is 5.70 Å². The van der Waals surface area contributed by atoms with Gasteiger partial charge in [0.2, 0.25) is 5.70 Å². The predicted octanol–water partition coefficient (Wildman–Crippen LogP) is 3.07. The molecule has 1 aromatic heterocycles. The predicted molar refractivity (Wildman–Crippen MR) is 56.9 cm³/mol. The van der Waals surface area contributed by atoms with E-state index in [1.165, 1.54) is 13.0 Å². The summed E-state index contributed by atoms with van der Waals surface area (Å²) >= 11 is 0. The van der Waals surface area contributed by atoms with Gasteiger partial charge in [0.1, 0.15) is 5.58 Å². The van der Waals surface area contributed by atoms with Crippen molar-refractivity contribution >= 4 is 17.0 Å². The van der Waals surface area contributed by atoms with E-state index in [0.29, 0.717) is 0 Å². The lowest BCUT2D eigenvalue weighted by atomic mass is 10.1. The van der Waals surface area contributed by atoms with Crippen molar-refractivity contribution in [1.82, 2.24) is 0 Å². The molecular formula is C11H9NO3. The fourth-order valence-corrected chi connectivity index (χ4v) is 1.37. The Morgan fingerprint density at radius 1 is 1.47 bits per heavy atom. The second-order valence-corrected chi connectivity index (χ2v) is 3.26. The van der Waals surface area contributed by atoms with Gasteiger partial charge in [-0.25, -0.2) is 0 Å². The quantitative estimate of drug-likeness (QED) is 0.556. The van der Waals surface area contributed by atoms with Crippen LogP contribution in [0.3, 0.4) is 0 Å². The van der Waals surface area contributed by atoms with Gasteiger partial charge in [-0.1, -0.05) is 6.07 Å². The first-order valence-corrected chi connectivity index (χ1v) is 4.47. The zero-order valence-electron chi connectivity index (χ0n) is 8.14. The van der Waals surface area contributed by atoms with Gasteiger partial charge in [-0.05, 0) is 23.8 Å². The van der Waals surface area contributed by atoms with Crippen molar-refractivity contribution in [2.75, 3.05) is 0 Å². The smallest absolute Gasteiger partial charge is 0.243 e.